The Morgan fingerprint density at radius 3 is 2.26 bits per heavy atom. The number of hydrogen-bond donors (Lipinski definition) is 2. The van der Waals surface area contributed by atoms with Crippen molar-refractivity contribution in [3.8, 4) is 0 Å². The van der Waals surface area contributed by atoms with Gasteiger partial charge in [-0.05, 0) is 63.2 Å². The van der Waals surface area contributed by atoms with Gasteiger partial charge in [-0.15, -0.1) is 0 Å². The van der Waals surface area contributed by atoms with Crippen molar-refractivity contribution in [1.82, 2.24) is 24.9 Å². The summed E-state index contributed by atoms with van der Waals surface area (Å²) >= 11 is 0. The van der Waals surface area contributed by atoms with E-state index >= 15 is 0 Å². The number of nitrogens with one attached hydrogen (secondary N) is 2. The Balaban J connectivity index is 1.03. The van der Waals surface area contributed by atoms with Crippen molar-refractivity contribution in [2.24, 2.45) is 0 Å². The molecule has 0 unspecified atom stereocenters. The van der Waals surface area contributed by atoms with E-state index in [0.717, 1.165) is 50.0 Å². The number of fused-ring (bicyclic) bond motifs is 1. The molecule has 35 heavy (non-hydrogen) atoms. The summed E-state index contributed by atoms with van der Waals surface area (Å²) in [7, 11) is 0. The van der Waals surface area contributed by atoms with Crippen LogP contribution in [0.5, 0.6) is 0 Å². The van der Waals surface area contributed by atoms with Crippen molar-refractivity contribution in [3.05, 3.63) is 29.8 Å². The second-order valence-electron chi connectivity index (χ2n) is 10.3. The number of hydrogen-bond acceptors (Lipinski definition) is 4. The molecule has 4 aliphatic heterocycles. The maximum absolute atomic E-state index is 12.7. The van der Waals surface area contributed by atoms with Crippen LogP contribution < -0.4 is 10.6 Å². The number of rotatable bonds is 4. The third kappa shape index (κ3) is 5.55. The number of carbonyl (C=O) groups is 3. The second-order valence-corrected chi connectivity index (χ2v) is 10.3. The molecule has 1 aromatic rings. The van der Waals surface area contributed by atoms with Gasteiger partial charge in [0.25, 0.3) is 0 Å². The molecule has 0 aliphatic carbocycles. The van der Waals surface area contributed by atoms with Gasteiger partial charge in [-0.3, -0.25) is 4.79 Å². The van der Waals surface area contributed by atoms with Crippen molar-refractivity contribution < 1.29 is 14.4 Å². The molecule has 1 aromatic carbocycles. The topological polar surface area (TPSA) is 88.2 Å². The Morgan fingerprint density at radius 1 is 0.857 bits per heavy atom. The van der Waals surface area contributed by atoms with Crippen LogP contribution in [0.25, 0.3) is 0 Å². The van der Waals surface area contributed by atoms with Gasteiger partial charge in [-0.2, -0.15) is 0 Å². The second kappa shape index (κ2) is 10.8. The molecule has 5 rings (SSSR count). The molecule has 9 heteroatoms. The summed E-state index contributed by atoms with van der Waals surface area (Å²) in [4.78, 5) is 46.1. The first-order valence-corrected chi connectivity index (χ1v) is 13.3. The summed E-state index contributed by atoms with van der Waals surface area (Å²) in [5.74, 6) is 0.00832. The summed E-state index contributed by atoms with van der Waals surface area (Å²) in [6.07, 6.45) is 7.46. The van der Waals surface area contributed by atoms with E-state index in [1.54, 1.807) is 4.90 Å². The summed E-state index contributed by atoms with van der Waals surface area (Å²) in [6.45, 7) is 5.77. The van der Waals surface area contributed by atoms with Crippen LogP contribution in [-0.2, 0) is 11.3 Å². The maximum atomic E-state index is 12.7. The molecular weight excluding hydrogens is 444 g/mol. The maximum Gasteiger partial charge on any atom is 0.322 e. The van der Waals surface area contributed by atoms with Gasteiger partial charge in [0.1, 0.15) is 0 Å². The van der Waals surface area contributed by atoms with Crippen molar-refractivity contribution in [3.63, 3.8) is 0 Å². The van der Waals surface area contributed by atoms with Crippen molar-refractivity contribution in [2.75, 3.05) is 51.1 Å². The van der Waals surface area contributed by atoms with Gasteiger partial charge in [0.2, 0.25) is 5.91 Å². The molecule has 0 bridgehead atoms. The number of amides is 5. The molecule has 9 nitrogen and oxygen atoms in total. The van der Waals surface area contributed by atoms with Crippen molar-refractivity contribution in [1.29, 1.82) is 0 Å². The standard InChI is InChI=1S/C26H38N6O3/c33-24(30-14-8-21(9-15-30)29-12-4-1-5-13-29)18-27-25(34)31-16-10-22(11-17-31)32-19-20-6-2-3-7-23(20)28-26(32)35/h2-3,6-7,21-22H,1,4-5,8-19H2,(H,27,34)(H,28,35). The zero-order valence-corrected chi connectivity index (χ0v) is 20.6. The highest BCUT2D eigenvalue weighted by Crippen LogP contribution is 2.27. The van der Waals surface area contributed by atoms with Crippen LogP contribution >= 0.6 is 0 Å². The minimum atomic E-state index is -0.187. The smallest absolute Gasteiger partial charge is 0.322 e. The summed E-state index contributed by atoms with van der Waals surface area (Å²) < 4.78 is 0. The lowest BCUT2D eigenvalue weighted by atomic mass is 10.00. The molecule has 0 aromatic heterocycles. The van der Waals surface area contributed by atoms with Crippen LogP contribution in [0.15, 0.2) is 24.3 Å². The number of benzene rings is 1. The number of nitrogens with zero attached hydrogens (tertiary/aromatic N) is 4. The van der Waals surface area contributed by atoms with Gasteiger partial charge >= 0.3 is 12.1 Å². The van der Waals surface area contributed by atoms with E-state index in [1.165, 1.54) is 32.4 Å². The normalized spacial score (nSPS) is 22.5. The van der Waals surface area contributed by atoms with Gasteiger partial charge in [0.05, 0.1) is 6.54 Å². The summed E-state index contributed by atoms with van der Waals surface area (Å²) in [5.41, 5.74) is 2.00. The van der Waals surface area contributed by atoms with E-state index in [4.69, 9.17) is 0 Å². The lowest BCUT2D eigenvalue weighted by Crippen LogP contribution is -2.54. The predicted octanol–water partition coefficient (Wildman–Crippen LogP) is 2.68. The van der Waals surface area contributed by atoms with E-state index in [9.17, 15) is 14.4 Å². The molecular formula is C26H38N6O3. The molecule has 0 radical (unpaired) electrons. The number of piperidine rings is 3. The van der Waals surface area contributed by atoms with E-state index in [-0.39, 0.29) is 30.6 Å². The van der Waals surface area contributed by atoms with Gasteiger partial charge in [-0.1, -0.05) is 24.6 Å². The first-order valence-electron chi connectivity index (χ1n) is 13.3. The number of para-hydroxylation sites is 1. The van der Waals surface area contributed by atoms with Crippen molar-refractivity contribution in [2.45, 2.75) is 63.6 Å². The van der Waals surface area contributed by atoms with Crippen LogP contribution in [-0.4, -0.2) is 95.5 Å². The number of carbonyl (C=O) groups excluding carboxylic acids is 3. The third-order valence-electron chi connectivity index (χ3n) is 8.17. The first-order chi connectivity index (χ1) is 17.1. The van der Waals surface area contributed by atoms with Crippen LogP contribution in [0, 0.1) is 0 Å². The zero-order chi connectivity index (χ0) is 24.2. The van der Waals surface area contributed by atoms with Crippen molar-refractivity contribution >= 4 is 23.7 Å². The van der Waals surface area contributed by atoms with E-state index in [1.807, 2.05) is 34.1 Å². The summed E-state index contributed by atoms with van der Waals surface area (Å²) in [5, 5.41) is 5.81. The molecule has 3 saturated heterocycles. The van der Waals surface area contributed by atoms with E-state index in [0.29, 0.717) is 25.7 Å². The lowest BCUT2D eigenvalue weighted by molar-refractivity contribution is -0.131. The Hall–Kier alpha value is -2.81. The molecule has 4 aliphatic rings. The van der Waals surface area contributed by atoms with Gasteiger partial charge in [0, 0.05) is 50.5 Å². The SMILES string of the molecule is O=C(CNC(=O)N1CCC(N2Cc3ccccc3NC2=O)CC1)N1CCC(N2CCCCC2)CC1. The molecule has 0 spiro atoms. The average Bonchev–Trinajstić information content (AvgIpc) is 2.92. The Bertz CT molecular complexity index is 917. The lowest BCUT2D eigenvalue weighted by Gasteiger charge is -2.41. The molecule has 2 N–H and O–H groups in total. The minimum Gasteiger partial charge on any atom is -0.341 e. The van der Waals surface area contributed by atoms with Crippen LogP contribution in [0.4, 0.5) is 15.3 Å². The highest BCUT2D eigenvalue weighted by atomic mass is 16.2. The first kappa shape index (κ1) is 23.9. The fourth-order valence-electron chi connectivity index (χ4n) is 6.04. The molecule has 0 saturated carbocycles. The minimum absolute atomic E-state index is 0.00832. The molecule has 0 atom stereocenters. The van der Waals surface area contributed by atoms with Crippen LogP contribution in [0.1, 0.15) is 50.5 Å². The van der Waals surface area contributed by atoms with E-state index < -0.39 is 0 Å². The fraction of sp³-hybridized carbons (Fsp3) is 0.654. The average molecular weight is 483 g/mol. The van der Waals surface area contributed by atoms with Crippen LogP contribution in [0.3, 0.4) is 0 Å². The monoisotopic (exact) mass is 482 g/mol. The highest BCUT2D eigenvalue weighted by molar-refractivity contribution is 5.92. The summed E-state index contributed by atoms with van der Waals surface area (Å²) in [6, 6.07) is 8.33. The molecule has 190 valence electrons. The molecule has 3 fully saturated rings. The van der Waals surface area contributed by atoms with E-state index in [2.05, 4.69) is 15.5 Å². The van der Waals surface area contributed by atoms with Gasteiger partial charge in [-0.25, -0.2) is 9.59 Å². The Kier molecular flexibility index (Phi) is 7.41. The number of urea groups is 2. The molecule has 5 amide bonds. The van der Waals surface area contributed by atoms with Gasteiger partial charge in [0.15, 0.2) is 0 Å². The number of anilines is 1. The fourth-order valence-corrected chi connectivity index (χ4v) is 6.04. The number of likely N-dealkylation sites (tertiary alicyclic amines) is 3. The van der Waals surface area contributed by atoms with Gasteiger partial charge < -0.3 is 30.2 Å². The predicted molar refractivity (Wildman–Crippen MR) is 134 cm³/mol. The zero-order valence-electron chi connectivity index (χ0n) is 20.6. The van der Waals surface area contributed by atoms with Crippen LogP contribution in [0.2, 0.25) is 0 Å². The Labute approximate surface area is 207 Å². The Morgan fingerprint density at radius 2 is 1.51 bits per heavy atom. The quantitative estimate of drug-likeness (QED) is 0.691. The molecule has 4 heterocycles. The largest absolute Gasteiger partial charge is 0.341 e. The third-order valence-corrected chi connectivity index (χ3v) is 8.17. The highest BCUT2D eigenvalue weighted by Gasteiger charge is 2.33.